The van der Waals surface area contributed by atoms with Gasteiger partial charge in [0.2, 0.25) is 0 Å². The van der Waals surface area contributed by atoms with Crippen LogP contribution in [0.15, 0.2) is 23.2 Å². The second kappa shape index (κ2) is 2.47. The van der Waals surface area contributed by atoms with Crippen LogP contribution in [0.25, 0.3) is 0 Å². The second-order valence-electron chi connectivity index (χ2n) is 2.98. The van der Waals surface area contributed by atoms with Gasteiger partial charge in [0.1, 0.15) is 11.3 Å². The number of amides is 1. The fraction of sp³-hybridized carbons (Fsp3) is 0.111. The Labute approximate surface area is 79.3 Å². The largest absolute Gasteiger partial charge is 0.483 e. The zero-order valence-corrected chi connectivity index (χ0v) is 7.11. The van der Waals surface area contributed by atoms with Crippen molar-refractivity contribution in [2.24, 2.45) is 4.99 Å². The molecule has 0 radical (unpaired) electrons. The Kier molecular flexibility index (Phi) is 1.30. The Balaban J connectivity index is 2.27. The Bertz CT molecular complexity index is 453. The van der Waals surface area contributed by atoms with Crippen molar-refractivity contribution in [2.75, 3.05) is 6.61 Å². The third kappa shape index (κ3) is 0.891. The van der Waals surface area contributed by atoms with Gasteiger partial charge >= 0.3 is 0 Å². The highest BCUT2D eigenvalue weighted by Gasteiger charge is 2.27. The van der Waals surface area contributed by atoms with Gasteiger partial charge in [-0.1, -0.05) is 6.07 Å². The first kappa shape index (κ1) is 7.37. The van der Waals surface area contributed by atoms with Crippen LogP contribution in [0.1, 0.15) is 5.56 Å². The van der Waals surface area contributed by atoms with Crippen LogP contribution < -0.4 is 15.1 Å². The Morgan fingerprint density at radius 2 is 2.21 bits per heavy atom. The van der Waals surface area contributed by atoms with Gasteiger partial charge in [0, 0.05) is 0 Å². The van der Waals surface area contributed by atoms with Crippen molar-refractivity contribution in [3.63, 3.8) is 0 Å². The van der Waals surface area contributed by atoms with Crippen LogP contribution in [0, 0.1) is 0 Å². The summed E-state index contributed by atoms with van der Waals surface area (Å²) in [5.41, 5.74) is 3.30. The molecular formula is C9H6N2O3. The summed E-state index contributed by atoms with van der Waals surface area (Å²) >= 11 is 0. The highest BCUT2D eigenvalue weighted by atomic mass is 16.7. The van der Waals surface area contributed by atoms with Crippen LogP contribution in [-0.4, -0.2) is 18.3 Å². The van der Waals surface area contributed by atoms with E-state index in [-0.39, 0.29) is 12.5 Å². The third-order valence-electron chi connectivity index (χ3n) is 2.07. The molecule has 2 heterocycles. The zero-order valence-electron chi connectivity index (χ0n) is 7.11. The molecule has 0 bridgehead atoms. The molecule has 2 aliphatic heterocycles. The number of hydrogen-bond donors (Lipinski definition) is 1. The van der Waals surface area contributed by atoms with E-state index in [1.807, 2.05) is 0 Å². The molecular weight excluding hydrogens is 184 g/mol. The monoisotopic (exact) mass is 190 g/mol. The maximum absolute atomic E-state index is 11.1. The average Bonchev–Trinajstić information content (AvgIpc) is 2.51. The van der Waals surface area contributed by atoms with Gasteiger partial charge in [-0.3, -0.25) is 4.79 Å². The number of ether oxygens (including phenoxy) is 1. The van der Waals surface area contributed by atoms with Crippen molar-refractivity contribution < 1.29 is 14.4 Å². The fourth-order valence-electron chi connectivity index (χ4n) is 1.48. The Morgan fingerprint density at radius 3 is 3.14 bits per heavy atom. The molecule has 1 amide bonds. The van der Waals surface area contributed by atoms with Crippen LogP contribution >= 0.6 is 0 Å². The number of carbonyl (C=O) groups excluding carboxylic acids is 1. The summed E-state index contributed by atoms with van der Waals surface area (Å²) in [4.78, 5) is 20.1. The molecule has 3 rings (SSSR count). The number of amidine groups is 1. The summed E-state index contributed by atoms with van der Waals surface area (Å²) in [7, 11) is 0. The number of nitrogens with one attached hydrogen (secondary N) is 1. The summed E-state index contributed by atoms with van der Waals surface area (Å²) in [5, 5.41) is 0. The quantitative estimate of drug-likeness (QED) is 0.637. The molecule has 14 heavy (non-hydrogen) atoms. The van der Waals surface area contributed by atoms with Gasteiger partial charge in [-0.05, 0) is 12.1 Å². The molecule has 0 spiro atoms. The number of rotatable bonds is 0. The highest BCUT2D eigenvalue weighted by Crippen LogP contribution is 2.32. The van der Waals surface area contributed by atoms with Crippen molar-refractivity contribution in [3.05, 3.63) is 23.8 Å². The normalized spacial score (nSPS) is 17.1. The first-order chi connectivity index (χ1) is 6.84. The number of hydrogen-bond acceptors (Lipinski definition) is 4. The predicted octanol–water partition coefficient (Wildman–Crippen LogP) is 0.249. The van der Waals surface area contributed by atoms with Crippen LogP contribution in [0.5, 0.6) is 11.5 Å². The topological polar surface area (TPSA) is 59.9 Å². The lowest BCUT2D eigenvalue weighted by Crippen LogP contribution is -2.20. The zero-order chi connectivity index (χ0) is 9.54. The Hall–Kier alpha value is -2.04. The maximum Gasteiger partial charge on any atom is 0.285 e. The van der Waals surface area contributed by atoms with Crippen molar-refractivity contribution in [1.29, 1.82) is 0 Å². The lowest BCUT2D eigenvalue weighted by molar-refractivity contribution is -0.119. The molecule has 70 valence electrons. The molecule has 0 saturated carbocycles. The van der Waals surface area contributed by atoms with Crippen LogP contribution in [-0.2, 0) is 4.79 Å². The average molecular weight is 190 g/mol. The lowest BCUT2D eigenvalue weighted by Gasteiger charge is -2.03. The van der Waals surface area contributed by atoms with Gasteiger partial charge in [0.25, 0.3) is 5.91 Å². The molecule has 0 aromatic heterocycles. The second-order valence-corrected chi connectivity index (χ2v) is 2.98. The van der Waals surface area contributed by atoms with E-state index in [0.29, 0.717) is 17.3 Å². The number of hydroxylamine groups is 1. The van der Waals surface area contributed by atoms with Gasteiger partial charge in [0.05, 0.1) is 0 Å². The van der Waals surface area contributed by atoms with Crippen LogP contribution in [0.4, 0.5) is 0 Å². The summed E-state index contributed by atoms with van der Waals surface area (Å²) in [6.07, 6.45) is 0. The van der Waals surface area contributed by atoms with Crippen molar-refractivity contribution in [2.45, 2.75) is 0 Å². The molecule has 0 fully saturated rings. The van der Waals surface area contributed by atoms with Crippen molar-refractivity contribution >= 4 is 11.7 Å². The van der Waals surface area contributed by atoms with E-state index in [0.717, 1.165) is 5.56 Å². The summed E-state index contributed by atoms with van der Waals surface area (Å²) in [6, 6.07) is 5.37. The minimum absolute atomic E-state index is 0.0262. The van der Waals surface area contributed by atoms with E-state index in [1.54, 1.807) is 18.2 Å². The molecule has 0 unspecified atom stereocenters. The maximum atomic E-state index is 11.1. The fourth-order valence-corrected chi connectivity index (χ4v) is 1.48. The molecule has 0 atom stereocenters. The molecule has 1 aromatic carbocycles. The summed E-state index contributed by atoms with van der Waals surface area (Å²) in [5.74, 6) is 1.37. The van der Waals surface area contributed by atoms with Gasteiger partial charge in [-0.25, -0.2) is 5.48 Å². The number of carbonyl (C=O) groups is 1. The summed E-state index contributed by atoms with van der Waals surface area (Å²) < 4.78 is 5.27. The van der Waals surface area contributed by atoms with Crippen LogP contribution in [0.3, 0.4) is 0 Å². The predicted molar refractivity (Wildman–Crippen MR) is 47.2 cm³/mol. The van der Waals surface area contributed by atoms with Gasteiger partial charge in [0.15, 0.2) is 18.2 Å². The lowest BCUT2D eigenvalue weighted by atomic mass is 10.2. The SMILES string of the molecule is O=C1COc2cccc3c2C(=N1)NO3. The van der Waals surface area contributed by atoms with E-state index >= 15 is 0 Å². The first-order valence-electron chi connectivity index (χ1n) is 4.15. The van der Waals surface area contributed by atoms with E-state index in [4.69, 9.17) is 9.57 Å². The number of aliphatic imine (C=N–C) groups is 1. The van der Waals surface area contributed by atoms with E-state index in [1.165, 1.54) is 0 Å². The molecule has 1 aromatic rings. The first-order valence-corrected chi connectivity index (χ1v) is 4.15. The van der Waals surface area contributed by atoms with Crippen molar-refractivity contribution in [3.8, 4) is 11.5 Å². The van der Waals surface area contributed by atoms with E-state index in [2.05, 4.69) is 10.5 Å². The van der Waals surface area contributed by atoms with Gasteiger partial charge < -0.3 is 9.57 Å². The molecule has 0 aliphatic carbocycles. The highest BCUT2D eigenvalue weighted by molar-refractivity contribution is 6.10. The van der Waals surface area contributed by atoms with Gasteiger partial charge in [-0.15, -0.1) is 0 Å². The minimum atomic E-state index is -0.319. The minimum Gasteiger partial charge on any atom is -0.483 e. The molecule has 1 N–H and O–H groups in total. The molecule has 2 aliphatic rings. The number of nitrogens with zero attached hydrogens (tertiary/aromatic N) is 1. The van der Waals surface area contributed by atoms with Crippen molar-refractivity contribution in [1.82, 2.24) is 5.48 Å². The Morgan fingerprint density at radius 1 is 1.36 bits per heavy atom. The molecule has 0 saturated heterocycles. The standard InChI is InChI=1S/C9H6N2O3/c12-7-4-13-5-2-1-3-6-8(5)9(10-7)11-14-6/h1-3H,4H2,(H,10,11,12). The molecule has 5 heteroatoms. The van der Waals surface area contributed by atoms with E-state index < -0.39 is 0 Å². The molecule has 5 nitrogen and oxygen atoms in total. The third-order valence-corrected chi connectivity index (χ3v) is 2.07. The van der Waals surface area contributed by atoms with Gasteiger partial charge in [-0.2, -0.15) is 4.99 Å². The number of benzene rings is 1. The smallest absolute Gasteiger partial charge is 0.285 e. The summed E-state index contributed by atoms with van der Waals surface area (Å²) in [6.45, 7) is -0.0262. The van der Waals surface area contributed by atoms with Crippen LogP contribution in [0.2, 0.25) is 0 Å². The van der Waals surface area contributed by atoms with E-state index in [9.17, 15) is 4.79 Å².